The van der Waals surface area contributed by atoms with Crippen LogP contribution in [-0.2, 0) is 30.7 Å². The average Bonchev–Trinajstić information content (AvgIpc) is 3.12. The van der Waals surface area contributed by atoms with Gasteiger partial charge in [0.25, 0.3) is 0 Å². The SMILES string of the molecule is CCOC(=O)Cn1c(=NC(=O)CCCSc2ccc(OC)cc2)sc2cc(S(C)(=O)=O)ccc21. The van der Waals surface area contributed by atoms with E-state index in [1.165, 1.54) is 23.5 Å². The molecule has 182 valence electrons. The van der Waals surface area contributed by atoms with Crippen molar-refractivity contribution in [1.29, 1.82) is 0 Å². The lowest BCUT2D eigenvalue weighted by molar-refractivity contribution is -0.143. The summed E-state index contributed by atoms with van der Waals surface area (Å²) in [7, 11) is -1.78. The van der Waals surface area contributed by atoms with E-state index >= 15 is 0 Å². The van der Waals surface area contributed by atoms with E-state index in [9.17, 15) is 18.0 Å². The Morgan fingerprint density at radius 2 is 1.88 bits per heavy atom. The standard InChI is InChI=1S/C23H26N2O6S3/c1-4-31-22(27)15-25-19-12-11-18(34(3,28)29)14-20(19)33-23(25)24-21(26)6-5-13-32-17-9-7-16(30-2)8-10-17/h7-12,14H,4-6,13,15H2,1-3H3. The largest absolute Gasteiger partial charge is 0.497 e. The van der Waals surface area contributed by atoms with Crippen LogP contribution in [0, 0.1) is 0 Å². The monoisotopic (exact) mass is 522 g/mol. The maximum Gasteiger partial charge on any atom is 0.326 e. The second-order valence-corrected chi connectivity index (χ2v) is 11.5. The van der Waals surface area contributed by atoms with Crippen LogP contribution in [0.15, 0.2) is 57.2 Å². The molecular weight excluding hydrogens is 496 g/mol. The highest BCUT2D eigenvalue weighted by Crippen LogP contribution is 2.23. The van der Waals surface area contributed by atoms with Gasteiger partial charge in [-0.15, -0.1) is 11.8 Å². The molecule has 2 aromatic carbocycles. The van der Waals surface area contributed by atoms with Gasteiger partial charge in [0.15, 0.2) is 14.6 Å². The molecule has 3 rings (SSSR count). The van der Waals surface area contributed by atoms with Gasteiger partial charge in [-0.2, -0.15) is 4.99 Å². The van der Waals surface area contributed by atoms with Crippen molar-refractivity contribution in [2.45, 2.75) is 36.1 Å². The Morgan fingerprint density at radius 3 is 2.53 bits per heavy atom. The number of thioether (sulfide) groups is 1. The minimum atomic E-state index is -3.40. The third-order valence-corrected chi connectivity index (χ3v) is 8.01. The number of sulfone groups is 1. The van der Waals surface area contributed by atoms with Crippen LogP contribution >= 0.6 is 23.1 Å². The molecule has 34 heavy (non-hydrogen) atoms. The number of ether oxygens (including phenoxy) is 2. The van der Waals surface area contributed by atoms with Crippen molar-refractivity contribution in [3.8, 4) is 5.75 Å². The molecule has 8 nitrogen and oxygen atoms in total. The smallest absolute Gasteiger partial charge is 0.326 e. The van der Waals surface area contributed by atoms with E-state index in [0.29, 0.717) is 21.4 Å². The number of nitrogens with zero attached hydrogens (tertiary/aromatic N) is 2. The lowest BCUT2D eigenvalue weighted by Crippen LogP contribution is -2.23. The van der Waals surface area contributed by atoms with Crippen molar-refractivity contribution in [3.05, 3.63) is 47.3 Å². The Kier molecular flexibility index (Phi) is 8.92. The number of hydrogen-bond donors (Lipinski definition) is 0. The summed E-state index contributed by atoms with van der Waals surface area (Å²) < 4.78 is 36.3. The van der Waals surface area contributed by atoms with Crippen LogP contribution in [0.5, 0.6) is 5.75 Å². The maximum absolute atomic E-state index is 12.6. The van der Waals surface area contributed by atoms with Gasteiger partial charge >= 0.3 is 5.97 Å². The van der Waals surface area contributed by atoms with Gasteiger partial charge in [-0.3, -0.25) is 9.59 Å². The molecule has 1 heterocycles. The summed E-state index contributed by atoms with van der Waals surface area (Å²) >= 11 is 2.81. The molecule has 0 saturated carbocycles. The van der Waals surface area contributed by atoms with Gasteiger partial charge in [0, 0.05) is 17.6 Å². The molecule has 1 amide bonds. The van der Waals surface area contributed by atoms with Crippen LogP contribution in [-0.4, -0.2) is 50.6 Å². The minimum absolute atomic E-state index is 0.120. The van der Waals surface area contributed by atoms with Crippen molar-refractivity contribution < 1.29 is 27.5 Å². The first-order chi connectivity index (χ1) is 16.2. The van der Waals surface area contributed by atoms with E-state index in [1.54, 1.807) is 36.4 Å². The molecule has 0 atom stereocenters. The molecule has 0 saturated heterocycles. The lowest BCUT2D eigenvalue weighted by Gasteiger charge is -2.05. The molecule has 0 aliphatic carbocycles. The summed E-state index contributed by atoms with van der Waals surface area (Å²) in [6.07, 6.45) is 2.03. The fourth-order valence-corrected chi connectivity index (χ4v) is 5.77. The highest BCUT2D eigenvalue weighted by atomic mass is 32.2. The molecule has 0 unspecified atom stereocenters. The number of benzene rings is 2. The molecular formula is C23H26N2O6S3. The van der Waals surface area contributed by atoms with Crippen LogP contribution in [0.25, 0.3) is 10.2 Å². The first kappa shape index (κ1) is 26.0. The zero-order valence-electron chi connectivity index (χ0n) is 19.1. The number of esters is 1. The molecule has 3 aromatic rings. The number of methoxy groups -OCH3 is 1. The van der Waals surface area contributed by atoms with Crippen LogP contribution in [0.4, 0.5) is 0 Å². The molecule has 0 bridgehead atoms. The molecule has 11 heteroatoms. The van der Waals surface area contributed by atoms with E-state index in [-0.39, 0.29) is 30.4 Å². The van der Waals surface area contributed by atoms with Crippen LogP contribution in [0.1, 0.15) is 19.8 Å². The predicted molar refractivity (Wildman–Crippen MR) is 133 cm³/mol. The van der Waals surface area contributed by atoms with Crippen molar-refractivity contribution in [2.24, 2.45) is 4.99 Å². The van der Waals surface area contributed by atoms with Gasteiger partial charge < -0.3 is 14.0 Å². The molecule has 0 spiro atoms. The highest BCUT2D eigenvalue weighted by molar-refractivity contribution is 7.99. The van der Waals surface area contributed by atoms with Gasteiger partial charge in [0.05, 0.1) is 28.8 Å². The number of carbonyl (C=O) groups is 2. The topological polar surface area (TPSA) is 104 Å². The minimum Gasteiger partial charge on any atom is -0.497 e. The third-order valence-electron chi connectivity index (χ3n) is 4.76. The van der Waals surface area contributed by atoms with E-state index in [2.05, 4.69) is 4.99 Å². The van der Waals surface area contributed by atoms with E-state index in [4.69, 9.17) is 9.47 Å². The Balaban J connectivity index is 1.77. The quantitative estimate of drug-likeness (QED) is 0.227. The Morgan fingerprint density at radius 1 is 1.15 bits per heavy atom. The number of aromatic nitrogens is 1. The Bertz CT molecular complexity index is 1340. The Labute approximate surface area is 206 Å². The van der Waals surface area contributed by atoms with Gasteiger partial charge in [-0.05, 0) is 61.6 Å². The molecule has 0 N–H and O–H groups in total. The van der Waals surface area contributed by atoms with E-state index in [0.717, 1.165) is 22.7 Å². The van der Waals surface area contributed by atoms with Crippen LogP contribution in [0.3, 0.4) is 0 Å². The maximum atomic E-state index is 12.6. The number of amides is 1. The van der Waals surface area contributed by atoms with E-state index < -0.39 is 15.8 Å². The second-order valence-electron chi connectivity index (χ2n) is 7.31. The summed E-state index contributed by atoms with van der Waals surface area (Å²) in [6.45, 7) is 1.83. The number of thiazole rings is 1. The van der Waals surface area contributed by atoms with Crippen molar-refractivity contribution in [3.63, 3.8) is 0 Å². The van der Waals surface area contributed by atoms with Gasteiger partial charge in [0.1, 0.15) is 12.3 Å². The van der Waals surface area contributed by atoms with Crippen molar-refractivity contribution in [1.82, 2.24) is 4.57 Å². The summed E-state index contributed by atoms with van der Waals surface area (Å²) in [4.78, 5) is 30.5. The van der Waals surface area contributed by atoms with Gasteiger partial charge in [-0.1, -0.05) is 11.3 Å². The lowest BCUT2D eigenvalue weighted by atomic mass is 10.3. The van der Waals surface area contributed by atoms with Crippen molar-refractivity contribution in [2.75, 3.05) is 25.7 Å². The fourth-order valence-electron chi connectivity index (χ4n) is 3.11. The molecule has 0 aliphatic rings. The number of carbonyl (C=O) groups excluding carboxylic acids is 2. The third kappa shape index (κ3) is 6.94. The molecule has 0 fully saturated rings. The Hall–Kier alpha value is -2.63. The first-order valence-corrected chi connectivity index (χ1v) is 14.2. The first-order valence-electron chi connectivity index (χ1n) is 10.5. The second kappa shape index (κ2) is 11.7. The van der Waals surface area contributed by atoms with Gasteiger partial charge in [0.2, 0.25) is 5.91 Å². The van der Waals surface area contributed by atoms with Crippen LogP contribution in [0.2, 0.25) is 0 Å². The summed E-state index contributed by atoms with van der Waals surface area (Å²) in [5.41, 5.74) is 0.618. The van der Waals surface area contributed by atoms with Crippen LogP contribution < -0.4 is 9.54 Å². The van der Waals surface area contributed by atoms with E-state index in [1.807, 2.05) is 24.3 Å². The normalized spacial score (nSPS) is 12.1. The summed E-state index contributed by atoms with van der Waals surface area (Å²) in [5, 5.41) is 0. The highest BCUT2D eigenvalue weighted by Gasteiger charge is 2.15. The van der Waals surface area contributed by atoms with Gasteiger partial charge in [-0.25, -0.2) is 8.42 Å². The van der Waals surface area contributed by atoms with Crippen molar-refractivity contribution >= 4 is 55.0 Å². The predicted octanol–water partition coefficient (Wildman–Crippen LogP) is 3.68. The average molecular weight is 523 g/mol. The number of hydrogen-bond acceptors (Lipinski definition) is 8. The molecule has 0 radical (unpaired) electrons. The number of rotatable bonds is 10. The molecule has 0 aliphatic heterocycles. The number of fused-ring (bicyclic) bond motifs is 1. The summed E-state index contributed by atoms with van der Waals surface area (Å²) in [6, 6.07) is 12.4. The zero-order valence-corrected chi connectivity index (χ0v) is 21.6. The summed E-state index contributed by atoms with van der Waals surface area (Å²) in [5.74, 6) is 0.782. The fraction of sp³-hybridized carbons (Fsp3) is 0.348. The zero-order chi connectivity index (χ0) is 24.7. The molecule has 1 aromatic heterocycles.